The second kappa shape index (κ2) is 11.0. The molecule has 186 valence electrons. The van der Waals surface area contributed by atoms with Gasteiger partial charge in [-0.1, -0.05) is 36.4 Å². The third-order valence-corrected chi connectivity index (χ3v) is 7.81. The summed E-state index contributed by atoms with van der Waals surface area (Å²) in [6, 6.07) is 14.9. The summed E-state index contributed by atoms with van der Waals surface area (Å²) in [5.41, 5.74) is 2.67. The van der Waals surface area contributed by atoms with Crippen LogP contribution >= 0.6 is 0 Å². The molecule has 2 aromatic carbocycles. The molecule has 1 amide bonds. The molecule has 0 radical (unpaired) electrons. The van der Waals surface area contributed by atoms with Gasteiger partial charge >= 0.3 is 0 Å². The topological polar surface area (TPSA) is 94.0 Å². The van der Waals surface area contributed by atoms with Gasteiger partial charge in [0.25, 0.3) is 0 Å². The van der Waals surface area contributed by atoms with Gasteiger partial charge in [-0.3, -0.25) is 9.48 Å². The molecule has 3 aromatic rings. The first-order valence-corrected chi connectivity index (χ1v) is 12.8. The fourth-order valence-electron chi connectivity index (χ4n) is 3.98. The zero-order valence-corrected chi connectivity index (χ0v) is 20.8. The van der Waals surface area contributed by atoms with Crippen LogP contribution in [0.1, 0.15) is 16.7 Å². The first-order valence-electron chi connectivity index (χ1n) is 11.4. The number of amides is 1. The summed E-state index contributed by atoms with van der Waals surface area (Å²) in [5.74, 6) is 0.132. The fourth-order valence-corrected chi connectivity index (χ4v) is 5.59. The number of ether oxygens (including phenoxy) is 2. The lowest BCUT2D eigenvalue weighted by Gasteiger charge is -2.27. The molecule has 0 atom stereocenters. The largest absolute Gasteiger partial charge is 0.495 e. The average molecular weight is 499 g/mol. The van der Waals surface area contributed by atoms with Crippen LogP contribution in [0.15, 0.2) is 65.8 Å². The van der Waals surface area contributed by atoms with Crippen molar-refractivity contribution in [1.82, 2.24) is 19.0 Å². The highest BCUT2D eigenvalue weighted by Crippen LogP contribution is 2.28. The standard InChI is InChI=1S/C25H30N4O5S/c1-27(17-22-16-26-28(19-22)18-20-6-4-3-5-7-20)25(30)15-21-8-9-23(33-2)24(14-21)35(31,32)29-10-12-34-13-11-29/h3-9,14,16,19H,10-13,15,17-18H2,1-2H3. The molecule has 1 aliphatic heterocycles. The van der Waals surface area contributed by atoms with Crippen LogP contribution in [0, 0.1) is 0 Å². The highest BCUT2D eigenvalue weighted by Gasteiger charge is 2.29. The molecule has 2 heterocycles. The van der Waals surface area contributed by atoms with Crippen LogP contribution in [0.4, 0.5) is 0 Å². The maximum absolute atomic E-state index is 13.2. The predicted octanol–water partition coefficient (Wildman–Crippen LogP) is 2.16. The van der Waals surface area contributed by atoms with E-state index in [1.54, 1.807) is 30.3 Å². The Morgan fingerprint density at radius 3 is 2.54 bits per heavy atom. The lowest BCUT2D eigenvalue weighted by Crippen LogP contribution is -2.40. The fraction of sp³-hybridized carbons (Fsp3) is 0.360. The summed E-state index contributed by atoms with van der Waals surface area (Å²) in [7, 11) is -0.600. The van der Waals surface area contributed by atoms with Gasteiger partial charge < -0.3 is 14.4 Å². The number of morpholine rings is 1. The van der Waals surface area contributed by atoms with Crippen molar-refractivity contribution >= 4 is 15.9 Å². The van der Waals surface area contributed by atoms with E-state index in [9.17, 15) is 13.2 Å². The van der Waals surface area contributed by atoms with Crippen molar-refractivity contribution in [1.29, 1.82) is 0 Å². The third-order valence-electron chi connectivity index (χ3n) is 5.89. The highest BCUT2D eigenvalue weighted by atomic mass is 32.2. The maximum atomic E-state index is 13.2. The van der Waals surface area contributed by atoms with Gasteiger partial charge in [0, 0.05) is 38.4 Å². The van der Waals surface area contributed by atoms with Crippen molar-refractivity contribution in [2.75, 3.05) is 40.5 Å². The molecule has 0 saturated carbocycles. The number of benzene rings is 2. The lowest BCUT2D eigenvalue weighted by atomic mass is 10.1. The van der Waals surface area contributed by atoms with Gasteiger partial charge in [0.1, 0.15) is 10.6 Å². The van der Waals surface area contributed by atoms with Crippen molar-refractivity contribution in [2.45, 2.75) is 24.4 Å². The Morgan fingerprint density at radius 2 is 1.83 bits per heavy atom. The van der Waals surface area contributed by atoms with E-state index in [4.69, 9.17) is 9.47 Å². The molecular weight excluding hydrogens is 468 g/mol. The Morgan fingerprint density at radius 1 is 1.09 bits per heavy atom. The van der Waals surface area contributed by atoms with Crippen LogP contribution in [0.2, 0.25) is 0 Å². The number of aromatic nitrogens is 2. The van der Waals surface area contributed by atoms with Crippen molar-refractivity contribution in [3.8, 4) is 5.75 Å². The Balaban J connectivity index is 1.42. The van der Waals surface area contributed by atoms with Crippen LogP contribution in [0.25, 0.3) is 0 Å². The molecule has 0 bridgehead atoms. The van der Waals surface area contributed by atoms with Crippen molar-refractivity contribution in [3.63, 3.8) is 0 Å². The summed E-state index contributed by atoms with van der Waals surface area (Å²) < 4.78 is 40.2. The number of rotatable bonds is 9. The second-order valence-electron chi connectivity index (χ2n) is 8.46. The van der Waals surface area contributed by atoms with E-state index in [1.807, 2.05) is 41.2 Å². The van der Waals surface area contributed by atoms with Crippen molar-refractivity contribution in [2.24, 2.45) is 0 Å². The van der Waals surface area contributed by atoms with Gasteiger partial charge in [0.05, 0.1) is 39.5 Å². The maximum Gasteiger partial charge on any atom is 0.246 e. The number of nitrogens with zero attached hydrogens (tertiary/aromatic N) is 4. The smallest absolute Gasteiger partial charge is 0.246 e. The number of carbonyl (C=O) groups is 1. The third kappa shape index (κ3) is 6.08. The number of likely N-dealkylation sites (N-methyl/N-ethyl adjacent to an activating group) is 1. The molecule has 10 heteroatoms. The monoisotopic (exact) mass is 498 g/mol. The van der Waals surface area contributed by atoms with E-state index < -0.39 is 10.0 Å². The van der Waals surface area contributed by atoms with E-state index in [1.165, 1.54) is 17.5 Å². The van der Waals surface area contributed by atoms with Crippen LogP contribution in [-0.2, 0) is 39.1 Å². The van der Waals surface area contributed by atoms with Gasteiger partial charge in [-0.2, -0.15) is 9.40 Å². The van der Waals surface area contributed by atoms with Gasteiger partial charge in [-0.15, -0.1) is 0 Å². The first-order chi connectivity index (χ1) is 16.9. The number of methoxy groups -OCH3 is 1. The molecule has 0 N–H and O–H groups in total. The average Bonchev–Trinajstić information content (AvgIpc) is 3.31. The molecule has 1 aliphatic rings. The predicted molar refractivity (Wildman–Crippen MR) is 131 cm³/mol. The minimum absolute atomic E-state index is 0.0667. The van der Waals surface area contributed by atoms with E-state index in [0.717, 1.165) is 11.1 Å². The minimum Gasteiger partial charge on any atom is -0.495 e. The Hall–Kier alpha value is -3.21. The number of hydrogen-bond donors (Lipinski definition) is 0. The summed E-state index contributed by atoms with van der Waals surface area (Å²) in [4.78, 5) is 14.6. The molecule has 9 nitrogen and oxygen atoms in total. The Labute approximate surface area is 205 Å². The molecule has 0 spiro atoms. The lowest BCUT2D eigenvalue weighted by molar-refractivity contribution is -0.129. The molecule has 1 saturated heterocycles. The van der Waals surface area contributed by atoms with Crippen LogP contribution in [0.3, 0.4) is 0 Å². The molecule has 4 rings (SSSR count). The number of sulfonamides is 1. The molecular formula is C25H30N4O5S. The SMILES string of the molecule is COc1ccc(CC(=O)N(C)Cc2cnn(Cc3ccccc3)c2)cc1S(=O)(=O)N1CCOCC1. The van der Waals surface area contributed by atoms with Crippen molar-refractivity contribution < 1.29 is 22.7 Å². The molecule has 0 unspecified atom stereocenters. The van der Waals surface area contributed by atoms with Gasteiger partial charge in [-0.05, 0) is 23.3 Å². The van der Waals surface area contributed by atoms with E-state index in [-0.39, 0.29) is 36.1 Å². The summed E-state index contributed by atoms with van der Waals surface area (Å²) >= 11 is 0. The van der Waals surface area contributed by atoms with E-state index in [0.29, 0.717) is 31.9 Å². The zero-order valence-electron chi connectivity index (χ0n) is 20.0. The summed E-state index contributed by atoms with van der Waals surface area (Å²) in [6.45, 7) is 2.34. The van der Waals surface area contributed by atoms with Crippen LogP contribution in [0.5, 0.6) is 5.75 Å². The summed E-state index contributed by atoms with van der Waals surface area (Å²) in [6.07, 6.45) is 3.76. The van der Waals surface area contributed by atoms with Crippen LogP contribution in [-0.4, -0.2) is 73.8 Å². The highest BCUT2D eigenvalue weighted by molar-refractivity contribution is 7.89. The molecule has 1 aromatic heterocycles. The van der Waals surface area contributed by atoms with E-state index >= 15 is 0 Å². The minimum atomic E-state index is -3.76. The Bertz CT molecular complexity index is 1250. The number of carbonyl (C=O) groups excluding carboxylic acids is 1. The van der Waals surface area contributed by atoms with Crippen molar-refractivity contribution in [3.05, 3.63) is 77.6 Å². The normalized spacial score (nSPS) is 14.6. The Kier molecular flexibility index (Phi) is 7.84. The quantitative estimate of drug-likeness (QED) is 0.449. The van der Waals surface area contributed by atoms with Gasteiger partial charge in [0.2, 0.25) is 15.9 Å². The van der Waals surface area contributed by atoms with Crippen LogP contribution < -0.4 is 4.74 Å². The van der Waals surface area contributed by atoms with Gasteiger partial charge in [0.15, 0.2) is 0 Å². The van der Waals surface area contributed by atoms with Gasteiger partial charge in [-0.25, -0.2) is 8.42 Å². The van der Waals surface area contributed by atoms with E-state index in [2.05, 4.69) is 5.10 Å². The second-order valence-corrected chi connectivity index (χ2v) is 10.4. The summed E-state index contributed by atoms with van der Waals surface area (Å²) in [5, 5.41) is 4.39. The molecule has 35 heavy (non-hydrogen) atoms. The molecule has 1 fully saturated rings. The molecule has 0 aliphatic carbocycles. The zero-order chi connectivity index (χ0) is 24.8. The first kappa shape index (κ1) is 24.9. The number of hydrogen-bond acceptors (Lipinski definition) is 6.